The molecule has 1 amide bonds. The highest BCUT2D eigenvalue weighted by Gasteiger charge is 2.16. The third-order valence-electron chi connectivity index (χ3n) is 3.21. The van der Waals surface area contributed by atoms with Gasteiger partial charge in [0.25, 0.3) is 0 Å². The lowest BCUT2D eigenvalue weighted by atomic mass is 10.1. The molecule has 126 valence electrons. The Morgan fingerprint density at radius 2 is 1.68 bits per heavy atom. The Morgan fingerprint density at radius 3 is 2.09 bits per heavy atom. The van der Waals surface area contributed by atoms with Crippen molar-refractivity contribution in [1.29, 1.82) is 0 Å². The summed E-state index contributed by atoms with van der Waals surface area (Å²) in [4.78, 5) is 12.0. The predicted molar refractivity (Wildman–Crippen MR) is 88.3 cm³/mol. The zero-order valence-electron chi connectivity index (χ0n) is 13.7. The van der Waals surface area contributed by atoms with Crippen LogP contribution in [0, 0.1) is 5.92 Å². The molecule has 1 aromatic rings. The van der Waals surface area contributed by atoms with E-state index in [2.05, 4.69) is 10.6 Å². The summed E-state index contributed by atoms with van der Waals surface area (Å²) < 4.78 is 15.9. The summed E-state index contributed by atoms with van der Waals surface area (Å²) in [5, 5.41) is 5.87. The van der Waals surface area contributed by atoms with E-state index in [1.54, 1.807) is 33.5 Å². The molecular formula is C15H25ClN2O4. The van der Waals surface area contributed by atoms with E-state index in [1.165, 1.54) is 0 Å². The molecular weight excluding hydrogens is 308 g/mol. The molecule has 0 aliphatic rings. The second-order valence-electron chi connectivity index (χ2n) is 4.69. The van der Waals surface area contributed by atoms with Gasteiger partial charge in [-0.2, -0.15) is 0 Å². The van der Waals surface area contributed by atoms with Crippen LogP contribution >= 0.6 is 12.4 Å². The molecule has 0 fully saturated rings. The van der Waals surface area contributed by atoms with Gasteiger partial charge in [-0.1, -0.05) is 6.92 Å². The molecule has 22 heavy (non-hydrogen) atoms. The summed E-state index contributed by atoms with van der Waals surface area (Å²) in [5.41, 5.74) is 0.783. The number of hydrogen-bond donors (Lipinski definition) is 2. The molecule has 1 aromatic carbocycles. The number of carbonyl (C=O) groups excluding carboxylic acids is 1. The van der Waals surface area contributed by atoms with Crippen LogP contribution < -0.4 is 24.8 Å². The van der Waals surface area contributed by atoms with Gasteiger partial charge in [0.1, 0.15) is 17.2 Å². The van der Waals surface area contributed by atoms with Crippen LogP contribution in [0.25, 0.3) is 0 Å². The van der Waals surface area contributed by atoms with Crippen LogP contribution in [0.15, 0.2) is 12.1 Å². The van der Waals surface area contributed by atoms with E-state index >= 15 is 0 Å². The lowest BCUT2D eigenvalue weighted by Crippen LogP contribution is -2.34. The number of rotatable bonds is 8. The highest BCUT2D eigenvalue weighted by atomic mass is 35.5. The molecule has 1 rings (SSSR count). The van der Waals surface area contributed by atoms with Crippen molar-refractivity contribution in [2.45, 2.75) is 13.5 Å². The number of halogens is 1. The van der Waals surface area contributed by atoms with Crippen LogP contribution in [0.5, 0.6) is 17.2 Å². The third-order valence-corrected chi connectivity index (χ3v) is 3.21. The molecule has 0 spiro atoms. The van der Waals surface area contributed by atoms with Crippen molar-refractivity contribution in [2.75, 3.05) is 34.9 Å². The molecule has 2 N–H and O–H groups in total. The van der Waals surface area contributed by atoms with Gasteiger partial charge in [-0.25, -0.2) is 0 Å². The van der Waals surface area contributed by atoms with E-state index in [0.29, 0.717) is 30.3 Å². The molecule has 7 heteroatoms. The van der Waals surface area contributed by atoms with Crippen molar-refractivity contribution in [2.24, 2.45) is 5.92 Å². The maximum atomic E-state index is 12.0. The third kappa shape index (κ3) is 5.27. The number of hydrogen-bond acceptors (Lipinski definition) is 5. The van der Waals surface area contributed by atoms with Crippen LogP contribution in [0.1, 0.15) is 12.5 Å². The van der Waals surface area contributed by atoms with Crippen molar-refractivity contribution in [3.8, 4) is 17.2 Å². The summed E-state index contributed by atoms with van der Waals surface area (Å²) in [6.07, 6.45) is 0. The zero-order valence-corrected chi connectivity index (χ0v) is 14.5. The van der Waals surface area contributed by atoms with Gasteiger partial charge in [-0.05, 0) is 7.05 Å². The minimum absolute atomic E-state index is 0. The first-order valence-electron chi connectivity index (χ1n) is 6.78. The Hall–Kier alpha value is -1.66. The van der Waals surface area contributed by atoms with Crippen molar-refractivity contribution in [3.05, 3.63) is 17.7 Å². The summed E-state index contributed by atoms with van der Waals surface area (Å²) in [6.45, 7) is 2.83. The Bertz CT molecular complexity index is 458. The second-order valence-corrected chi connectivity index (χ2v) is 4.69. The minimum atomic E-state index is -0.106. The summed E-state index contributed by atoms with van der Waals surface area (Å²) >= 11 is 0. The van der Waals surface area contributed by atoms with E-state index in [1.807, 2.05) is 14.0 Å². The lowest BCUT2D eigenvalue weighted by Gasteiger charge is -2.17. The van der Waals surface area contributed by atoms with E-state index in [4.69, 9.17) is 14.2 Å². The molecule has 0 aromatic heterocycles. The monoisotopic (exact) mass is 332 g/mol. The fraction of sp³-hybridized carbons (Fsp3) is 0.533. The van der Waals surface area contributed by atoms with E-state index in [-0.39, 0.29) is 24.2 Å². The smallest absolute Gasteiger partial charge is 0.224 e. The fourth-order valence-electron chi connectivity index (χ4n) is 2.00. The first-order chi connectivity index (χ1) is 10.1. The summed E-state index contributed by atoms with van der Waals surface area (Å²) in [7, 11) is 6.54. The standard InChI is InChI=1S/C15H24N2O4.ClH/c1-10(8-16-2)15(18)17-9-12-13(20-4)6-11(19-3)7-14(12)21-5;/h6-7,10,16H,8-9H2,1-5H3,(H,17,18);1H. The first-order valence-corrected chi connectivity index (χ1v) is 6.78. The second kappa shape index (κ2) is 10.1. The molecule has 6 nitrogen and oxygen atoms in total. The van der Waals surface area contributed by atoms with Gasteiger partial charge >= 0.3 is 0 Å². The maximum absolute atomic E-state index is 12.0. The predicted octanol–water partition coefficient (Wildman–Crippen LogP) is 1.61. The van der Waals surface area contributed by atoms with Gasteiger partial charge in [0.2, 0.25) is 5.91 Å². The topological polar surface area (TPSA) is 68.8 Å². The van der Waals surface area contributed by atoms with Crippen LogP contribution in [0.4, 0.5) is 0 Å². The number of benzene rings is 1. The van der Waals surface area contributed by atoms with Crippen molar-refractivity contribution >= 4 is 18.3 Å². The molecule has 1 unspecified atom stereocenters. The van der Waals surface area contributed by atoms with Gasteiger partial charge < -0.3 is 24.8 Å². The van der Waals surface area contributed by atoms with Crippen molar-refractivity contribution in [1.82, 2.24) is 10.6 Å². The van der Waals surface area contributed by atoms with Crippen molar-refractivity contribution in [3.63, 3.8) is 0 Å². The highest BCUT2D eigenvalue weighted by molar-refractivity contribution is 5.85. The van der Waals surface area contributed by atoms with Crippen LogP contribution in [-0.4, -0.2) is 40.8 Å². The Morgan fingerprint density at radius 1 is 1.14 bits per heavy atom. The molecule has 0 heterocycles. The zero-order chi connectivity index (χ0) is 15.8. The average molecular weight is 333 g/mol. The van der Waals surface area contributed by atoms with E-state index in [0.717, 1.165) is 5.56 Å². The quantitative estimate of drug-likeness (QED) is 0.757. The van der Waals surface area contributed by atoms with Crippen LogP contribution in [0.2, 0.25) is 0 Å². The summed E-state index contributed by atoms with van der Waals surface area (Å²) in [6, 6.07) is 3.53. The van der Waals surface area contributed by atoms with Gasteiger partial charge in [0, 0.05) is 24.6 Å². The number of nitrogens with one attached hydrogen (secondary N) is 2. The Kier molecular flexibility index (Phi) is 9.37. The SMILES string of the molecule is CNCC(C)C(=O)NCc1c(OC)cc(OC)cc1OC.Cl. The summed E-state index contributed by atoms with van der Waals surface area (Å²) in [5.74, 6) is 1.75. The molecule has 0 aliphatic heterocycles. The Balaban J connectivity index is 0.00000441. The van der Waals surface area contributed by atoms with Gasteiger partial charge in [0.05, 0.1) is 33.4 Å². The first kappa shape index (κ1) is 20.3. The fourth-order valence-corrected chi connectivity index (χ4v) is 2.00. The molecule has 0 saturated carbocycles. The normalized spacial score (nSPS) is 11.1. The van der Waals surface area contributed by atoms with Gasteiger partial charge in [-0.3, -0.25) is 4.79 Å². The molecule has 0 radical (unpaired) electrons. The number of methoxy groups -OCH3 is 3. The van der Waals surface area contributed by atoms with Gasteiger partial charge in [-0.15, -0.1) is 12.4 Å². The minimum Gasteiger partial charge on any atom is -0.496 e. The molecule has 0 saturated heterocycles. The molecule has 1 atom stereocenters. The van der Waals surface area contributed by atoms with E-state index in [9.17, 15) is 4.79 Å². The molecule has 0 aliphatic carbocycles. The van der Waals surface area contributed by atoms with Crippen molar-refractivity contribution < 1.29 is 19.0 Å². The number of ether oxygens (including phenoxy) is 3. The van der Waals surface area contributed by atoms with E-state index < -0.39 is 0 Å². The largest absolute Gasteiger partial charge is 0.496 e. The maximum Gasteiger partial charge on any atom is 0.224 e. The van der Waals surface area contributed by atoms with Crippen LogP contribution in [-0.2, 0) is 11.3 Å². The molecule has 0 bridgehead atoms. The van der Waals surface area contributed by atoms with Gasteiger partial charge in [0.15, 0.2) is 0 Å². The lowest BCUT2D eigenvalue weighted by molar-refractivity contribution is -0.124. The number of amides is 1. The number of carbonyl (C=O) groups is 1. The highest BCUT2D eigenvalue weighted by Crippen LogP contribution is 2.33. The Labute approximate surface area is 137 Å². The average Bonchev–Trinajstić information content (AvgIpc) is 2.51. The van der Waals surface area contributed by atoms with Crippen LogP contribution in [0.3, 0.4) is 0 Å².